The predicted octanol–water partition coefficient (Wildman–Crippen LogP) is 0.827. The van der Waals surface area contributed by atoms with E-state index in [9.17, 15) is 18.0 Å². The van der Waals surface area contributed by atoms with Crippen LogP contribution in [0.4, 0.5) is 0 Å². The molecule has 1 aromatic rings. The quantitative estimate of drug-likeness (QED) is 0.702. The first kappa shape index (κ1) is 18.6. The largest absolute Gasteiger partial charge is 0.463 e. The highest BCUT2D eigenvalue weighted by Gasteiger charge is 2.23. The van der Waals surface area contributed by atoms with Gasteiger partial charge in [-0.05, 0) is 25.3 Å². The lowest BCUT2D eigenvalue weighted by atomic mass is 10.4. The zero-order chi connectivity index (χ0) is 16.8. The van der Waals surface area contributed by atoms with Gasteiger partial charge in [-0.25, -0.2) is 8.42 Å². The molecule has 1 rings (SSSR count). The second kappa shape index (κ2) is 8.25. The molecule has 1 heterocycles. The Hall–Kier alpha value is -1.45. The fourth-order valence-corrected chi connectivity index (χ4v) is 3.86. The van der Waals surface area contributed by atoms with Crippen molar-refractivity contribution in [3.05, 3.63) is 17.5 Å². The van der Waals surface area contributed by atoms with Gasteiger partial charge < -0.3 is 10.1 Å². The van der Waals surface area contributed by atoms with Gasteiger partial charge in [0.2, 0.25) is 5.91 Å². The molecule has 0 aliphatic carbocycles. The monoisotopic (exact) mass is 348 g/mol. The molecule has 0 fully saturated rings. The van der Waals surface area contributed by atoms with Gasteiger partial charge in [-0.3, -0.25) is 9.59 Å². The van der Waals surface area contributed by atoms with Crippen molar-refractivity contribution in [1.82, 2.24) is 9.62 Å². The van der Waals surface area contributed by atoms with Gasteiger partial charge in [-0.1, -0.05) is 6.07 Å². The number of amides is 1. The summed E-state index contributed by atoms with van der Waals surface area (Å²) in [6.45, 7) is 3.28. The van der Waals surface area contributed by atoms with E-state index in [0.29, 0.717) is 0 Å². The number of likely N-dealkylation sites (N-methyl/N-ethyl adjacent to an activating group) is 1. The third-order valence-electron chi connectivity index (χ3n) is 2.54. The highest BCUT2D eigenvalue weighted by molar-refractivity contribution is 7.91. The van der Waals surface area contributed by atoms with Crippen LogP contribution in [0.1, 0.15) is 20.3 Å². The van der Waals surface area contributed by atoms with Gasteiger partial charge in [-0.2, -0.15) is 4.31 Å². The zero-order valence-electron chi connectivity index (χ0n) is 12.7. The highest BCUT2D eigenvalue weighted by Crippen LogP contribution is 2.19. The normalized spacial score (nSPS) is 11.7. The molecule has 0 saturated heterocycles. The molecule has 7 nitrogen and oxygen atoms in total. The lowest BCUT2D eigenvalue weighted by Crippen LogP contribution is -2.38. The maximum absolute atomic E-state index is 12.1. The Morgan fingerprint density at radius 3 is 2.64 bits per heavy atom. The molecular weight excluding hydrogens is 328 g/mol. The van der Waals surface area contributed by atoms with Crippen molar-refractivity contribution < 1.29 is 22.7 Å². The molecule has 0 atom stereocenters. The Kier molecular flexibility index (Phi) is 6.98. The molecule has 22 heavy (non-hydrogen) atoms. The Balaban J connectivity index is 2.41. The van der Waals surface area contributed by atoms with Crippen molar-refractivity contribution in [1.29, 1.82) is 0 Å². The van der Waals surface area contributed by atoms with Gasteiger partial charge in [0, 0.05) is 13.6 Å². The van der Waals surface area contributed by atoms with E-state index in [-0.39, 0.29) is 29.8 Å². The number of esters is 1. The molecule has 0 bridgehead atoms. The molecule has 124 valence electrons. The average molecular weight is 348 g/mol. The van der Waals surface area contributed by atoms with E-state index >= 15 is 0 Å². The van der Waals surface area contributed by atoms with Crippen molar-refractivity contribution >= 4 is 33.2 Å². The van der Waals surface area contributed by atoms with Gasteiger partial charge in [0.1, 0.15) is 4.21 Å². The minimum atomic E-state index is -3.65. The number of thiophene rings is 1. The van der Waals surface area contributed by atoms with Crippen LogP contribution in [0.15, 0.2) is 21.7 Å². The number of carbonyl (C=O) groups is 2. The van der Waals surface area contributed by atoms with Crippen LogP contribution in [-0.4, -0.2) is 50.8 Å². The van der Waals surface area contributed by atoms with E-state index in [0.717, 1.165) is 15.6 Å². The van der Waals surface area contributed by atoms with Crippen LogP contribution in [-0.2, 0) is 24.3 Å². The third-order valence-corrected chi connectivity index (χ3v) is 5.72. The van der Waals surface area contributed by atoms with E-state index in [2.05, 4.69) is 5.32 Å². The summed E-state index contributed by atoms with van der Waals surface area (Å²) in [7, 11) is -2.31. The van der Waals surface area contributed by atoms with Crippen LogP contribution in [0.2, 0.25) is 0 Å². The Morgan fingerprint density at radius 2 is 2.09 bits per heavy atom. The van der Waals surface area contributed by atoms with Gasteiger partial charge in [-0.15, -0.1) is 11.3 Å². The van der Waals surface area contributed by atoms with Crippen LogP contribution in [0.3, 0.4) is 0 Å². The molecule has 0 aliphatic heterocycles. The number of nitrogens with one attached hydrogen (secondary N) is 1. The van der Waals surface area contributed by atoms with E-state index in [1.54, 1.807) is 25.3 Å². The fraction of sp³-hybridized carbons (Fsp3) is 0.538. The Labute approximate surface area is 134 Å². The maximum atomic E-state index is 12.1. The minimum Gasteiger partial charge on any atom is -0.463 e. The van der Waals surface area contributed by atoms with E-state index < -0.39 is 21.9 Å². The van der Waals surface area contributed by atoms with Crippen molar-refractivity contribution in [2.24, 2.45) is 0 Å². The summed E-state index contributed by atoms with van der Waals surface area (Å²) in [5.41, 5.74) is 0. The number of sulfonamides is 1. The predicted molar refractivity (Wildman–Crippen MR) is 83.0 cm³/mol. The zero-order valence-corrected chi connectivity index (χ0v) is 14.4. The van der Waals surface area contributed by atoms with Crippen molar-refractivity contribution in [3.8, 4) is 0 Å². The summed E-state index contributed by atoms with van der Waals surface area (Å²) >= 11 is 1.09. The fourth-order valence-electron chi connectivity index (χ4n) is 1.53. The van der Waals surface area contributed by atoms with Crippen LogP contribution in [0, 0.1) is 0 Å². The molecule has 0 radical (unpaired) electrons. The highest BCUT2D eigenvalue weighted by atomic mass is 32.2. The average Bonchev–Trinajstić information content (AvgIpc) is 2.91. The Morgan fingerprint density at radius 1 is 1.41 bits per heavy atom. The third kappa shape index (κ3) is 5.74. The molecular formula is C13H20N2O5S2. The van der Waals surface area contributed by atoms with Gasteiger partial charge >= 0.3 is 5.97 Å². The number of rotatable bonds is 8. The first-order chi connectivity index (χ1) is 10.2. The summed E-state index contributed by atoms with van der Waals surface area (Å²) in [6.07, 6.45) is -0.157. The Bertz CT molecular complexity index is 596. The molecule has 0 saturated carbocycles. The van der Waals surface area contributed by atoms with Crippen LogP contribution in [0.25, 0.3) is 0 Å². The smallest absolute Gasteiger partial charge is 0.307 e. The first-order valence-electron chi connectivity index (χ1n) is 6.69. The lowest BCUT2D eigenvalue weighted by Gasteiger charge is -2.15. The van der Waals surface area contributed by atoms with Crippen LogP contribution >= 0.6 is 11.3 Å². The van der Waals surface area contributed by atoms with Gasteiger partial charge in [0.05, 0.1) is 19.1 Å². The van der Waals surface area contributed by atoms with E-state index in [1.165, 1.54) is 13.1 Å². The number of hydrogen-bond acceptors (Lipinski definition) is 6. The minimum absolute atomic E-state index is 0.0469. The topological polar surface area (TPSA) is 92.8 Å². The maximum Gasteiger partial charge on any atom is 0.307 e. The van der Waals surface area contributed by atoms with Crippen molar-refractivity contribution in [2.75, 3.05) is 20.1 Å². The van der Waals surface area contributed by atoms with Crippen molar-refractivity contribution in [3.63, 3.8) is 0 Å². The summed E-state index contributed by atoms with van der Waals surface area (Å²) in [5, 5.41) is 4.15. The molecule has 9 heteroatoms. The van der Waals surface area contributed by atoms with Gasteiger partial charge in [0.15, 0.2) is 0 Å². The molecule has 0 aliphatic rings. The van der Waals surface area contributed by atoms with Crippen LogP contribution < -0.4 is 5.32 Å². The van der Waals surface area contributed by atoms with E-state index in [4.69, 9.17) is 4.74 Å². The summed E-state index contributed by atoms with van der Waals surface area (Å²) in [6, 6.07) is 3.11. The van der Waals surface area contributed by atoms with Crippen LogP contribution in [0.5, 0.6) is 0 Å². The first-order valence-corrected chi connectivity index (χ1v) is 9.01. The second-order valence-electron chi connectivity index (χ2n) is 4.83. The summed E-state index contributed by atoms with van der Waals surface area (Å²) in [4.78, 5) is 23.0. The number of carbonyl (C=O) groups excluding carboxylic acids is 2. The number of nitrogens with zero attached hydrogens (tertiary/aromatic N) is 1. The SMILES string of the molecule is CC(C)OC(=O)CCNC(=O)CN(C)S(=O)(=O)c1cccs1. The molecule has 1 N–H and O–H groups in total. The molecule has 1 amide bonds. The standard InChI is InChI=1S/C13H20N2O5S2/c1-10(2)20-12(17)6-7-14-11(16)9-15(3)22(18,19)13-5-4-8-21-13/h4-5,8,10H,6-7,9H2,1-3H3,(H,14,16). The lowest BCUT2D eigenvalue weighted by molar-refractivity contribution is -0.147. The summed E-state index contributed by atoms with van der Waals surface area (Å²) < 4.78 is 30.3. The molecule has 1 aromatic heterocycles. The molecule has 0 spiro atoms. The molecule has 0 aromatic carbocycles. The van der Waals surface area contributed by atoms with E-state index in [1.807, 2.05) is 0 Å². The number of hydrogen-bond donors (Lipinski definition) is 1. The summed E-state index contributed by atoms with van der Waals surface area (Å²) in [5.74, 6) is -0.880. The number of ether oxygens (including phenoxy) is 1. The van der Waals surface area contributed by atoms with Gasteiger partial charge in [0.25, 0.3) is 10.0 Å². The van der Waals surface area contributed by atoms with Crippen molar-refractivity contribution in [2.45, 2.75) is 30.6 Å². The second-order valence-corrected chi connectivity index (χ2v) is 8.05. The molecule has 0 unspecified atom stereocenters.